The molecule has 0 radical (unpaired) electrons. The van der Waals surface area contributed by atoms with Crippen LogP contribution in [-0.2, 0) is 0 Å². The van der Waals surface area contributed by atoms with Gasteiger partial charge in [0.2, 0.25) is 0 Å². The average molecular weight is 411 g/mol. The maximum absolute atomic E-state index is 13.2. The molecular formula is C26H26N4O. The van der Waals surface area contributed by atoms with Gasteiger partial charge in [-0.1, -0.05) is 66.7 Å². The van der Waals surface area contributed by atoms with Crippen LogP contribution in [0, 0.1) is 0 Å². The molecule has 4 aromatic rings. The topological polar surface area (TPSA) is 49.6 Å². The van der Waals surface area contributed by atoms with E-state index in [0.29, 0.717) is 0 Å². The maximum Gasteiger partial charge on any atom is 0.318 e. The molecule has 3 heterocycles. The zero-order valence-corrected chi connectivity index (χ0v) is 17.6. The van der Waals surface area contributed by atoms with E-state index in [1.807, 2.05) is 78.7 Å². The Hall–Kier alpha value is -3.60. The zero-order valence-electron chi connectivity index (χ0n) is 17.6. The summed E-state index contributed by atoms with van der Waals surface area (Å²) in [6.07, 6.45) is 3.93. The Bertz CT molecular complexity index is 1190. The van der Waals surface area contributed by atoms with Crippen LogP contribution < -0.4 is 5.32 Å². The van der Waals surface area contributed by atoms with E-state index in [1.165, 1.54) is 0 Å². The highest BCUT2D eigenvalue weighted by Gasteiger charge is 2.34. The molecule has 0 aliphatic carbocycles. The van der Waals surface area contributed by atoms with E-state index >= 15 is 0 Å². The van der Waals surface area contributed by atoms with E-state index in [1.54, 1.807) is 0 Å². The lowest BCUT2D eigenvalue weighted by Gasteiger charge is -2.26. The number of aromatic nitrogens is 2. The van der Waals surface area contributed by atoms with Crippen molar-refractivity contribution in [3.63, 3.8) is 0 Å². The van der Waals surface area contributed by atoms with Gasteiger partial charge in [-0.15, -0.1) is 0 Å². The van der Waals surface area contributed by atoms with Gasteiger partial charge in [-0.2, -0.15) is 0 Å². The highest BCUT2D eigenvalue weighted by molar-refractivity contribution is 5.79. The van der Waals surface area contributed by atoms with Crippen LogP contribution in [0.15, 0.2) is 85.1 Å². The number of nitrogens with one attached hydrogen (secondary N) is 1. The fourth-order valence-corrected chi connectivity index (χ4v) is 4.48. The van der Waals surface area contributed by atoms with Crippen molar-refractivity contribution in [1.82, 2.24) is 19.6 Å². The molecule has 5 heteroatoms. The maximum atomic E-state index is 13.2. The lowest BCUT2D eigenvalue weighted by molar-refractivity contribution is 0.187. The number of urea groups is 1. The number of carbonyl (C=O) groups is 1. The number of benzene rings is 2. The number of rotatable bonds is 4. The number of amides is 2. The van der Waals surface area contributed by atoms with Gasteiger partial charge < -0.3 is 14.6 Å². The largest absolute Gasteiger partial charge is 0.331 e. The van der Waals surface area contributed by atoms with Crippen LogP contribution in [0.1, 0.15) is 43.2 Å². The molecule has 0 saturated carbocycles. The number of carbonyl (C=O) groups excluding carboxylic acids is 1. The first-order valence-electron chi connectivity index (χ1n) is 10.9. The van der Waals surface area contributed by atoms with E-state index in [9.17, 15) is 4.79 Å². The van der Waals surface area contributed by atoms with Gasteiger partial charge in [0.05, 0.1) is 23.3 Å². The van der Waals surface area contributed by atoms with Crippen LogP contribution in [0.5, 0.6) is 0 Å². The van der Waals surface area contributed by atoms with E-state index in [-0.39, 0.29) is 18.1 Å². The van der Waals surface area contributed by atoms with E-state index < -0.39 is 0 Å². The van der Waals surface area contributed by atoms with E-state index in [4.69, 9.17) is 4.98 Å². The Morgan fingerprint density at radius 2 is 1.71 bits per heavy atom. The molecule has 1 aliphatic rings. The Morgan fingerprint density at radius 1 is 1.00 bits per heavy atom. The summed E-state index contributed by atoms with van der Waals surface area (Å²) in [4.78, 5) is 20.2. The quantitative estimate of drug-likeness (QED) is 0.475. The SMILES string of the molecule is CC(NC(=O)N1CCCC1c1nc(-c2ccccc2)c2ccccn12)c1ccccc1. The molecule has 2 aromatic heterocycles. The summed E-state index contributed by atoms with van der Waals surface area (Å²) in [6.45, 7) is 2.76. The van der Waals surface area contributed by atoms with Crippen LogP contribution >= 0.6 is 0 Å². The molecule has 31 heavy (non-hydrogen) atoms. The van der Waals surface area contributed by atoms with Crippen molar-refractivity contribution < 1.29 is 4.79 Å². The molecule has 1 aliphatic heterocycles. The van der Waals surface area contributed by atoms with Crippen molar-refractivity contribution in [2.45, 2.75) is 31.8 Å². The molecule has 5 nitrogen and oxygen atoms in total. The van der Waals surface area contributed by atoms with Crippen molar-refractivity contribution in [1.29, 1.82) is 0 Å². The molecule has 2 aromatic carbocycles. The second-order valence-corrected chi connectivity index (χ2v) is 8.07. The number of imidazole rings is 1. The predicted octanol–water partition coefficient (Wildman–Crippen LogP) is 5.61. The first-order chi connectivity index (χ1) is 15.2. The minimum atomic E-state index is -0.0492. The lowest BCUT2D eigenvalue weighted by atomic mass is 10.1. The van der Waals surface area contributed by atoms with Gasteiger partial charge in [0.1, 0.15) is 5.82 Å². The lowest BCUT2D eigenvalue weighted by Crippen LogP contribution is -2.41. The number of fused-ring (bicyclic) bond motifs is 1. The predicted molar refractivity (Wildman–Crippen MR) is 123 cm³/mol. The minimum absolute atomic E-state index is 0.0344. The summed E-state index contributed by atoms with van der Waals surface area (Å²) >= 11 is 0. The minimum Gasteiger partial charge on any atom is -0.331 e. The Labute approximate surface area is 182 Å². The van der Waals surface area contributed by atoms with Gasteiger partial charge in [0.25, 0.3) is 0 Å². The van der Waals surface area contributed by atoms with Gasteiger partial charge in [0, 0.05) is 18.3 Å². The molecule has 2 amide bonds. The third kappa shape index (κ3) is 3.67. The molecule has 0 spiro atoms. The summed E-state index contributed by atoms with van der Waals surface area (Å²) < 4.78 is 2.14. The van der Waals surface area contributed by atoms with Gasteiger partial charge >= 0.3 is 6.03 Å². The summed E-state index contributed by atoms with van der Waals surface area (Å²) in [7, 11) is 0. The van der Waals surface area contributed by atoms with Gasteiger partial charge in [-0.3, -0.25) is 0 Å². The van der Waals surface area contributed by atoms with Crippen LogP contribution in [0.4, 0.5) is 4.79 Å². The fraction of sp³-hybridized carbons (Fsp3) is 0.231. The highest BCUT2D eigenvalue weighted by atomic mass is 16.2. The number of nitrogens with zero attached hydrogens (tertiary/aromatic N) is 3. The van der Waals surface area contributed by atoms with Gasteiger partial charge in [-0.05, 0) is 37.5 Å². The highest BCUT2D eigenvalue weighted by Crippen LogP contribution is 2.35. The molecular weight excluding hydrogens is 384 g/mol. The average Bonchev–Trinajstić information content (AvgIpc) is 3.45. The molecule has 0 bridgehead atoms. The third-order valence-corrected chi connectivity index (χ3v) is 6.07. The second-order valence-electron chi connectivity index (χ2n) is 8.07. The van der Waals surface area contributed by atoms with Crippen molar-refractivity contribution in [2.24, 2.45) is 0 Å². The smallest absolute Gasteiger partial charge is 0.318 e. The van der Waals surface area contributed by atoms with Crippen LogP contribution in [0.2, 0.25) is 0 Å². The molecule has 156 valence electrons. The summed E-state index contributed by atoms with van der Waals surface area (Å²) in [5, 5.41) is 3.17. The van der Waals surface area contributed by atoms with Crippen LogP contribution in [-0.4, -0.2) is 26.9 Å². The first kappa shape index (κ1) is 19.4. The molecule has 1 saturated heterocycles. The summed E-state index contributed by atoms with van der Waals surface area (Å²) in [6, 6.07) is 26.3. The monoisotopic (exact) mass is 410 g/mol. The van der Waals surface area contributed by atoms with Crippen molar-refractivity contribution in [3.8, 4) is 11.3 Å². The molecule has 1 fully saturated rings. The summed E-state index contributed by atoms with van der Waals surface area (Å²) in [5.41, 5.74) is 4.21. The number of likely N-dealkylation sites (tertiary alicyclic amines) is 1. The number of pyridine rings is 1. The number of hydrogen-bond acceptors (Lipinski definition) is 2. The van der Waals surface area contributed by atoms with Crippen LogP contribution in [0.25, 0.3) is 16.8 Å². The van der Waals surface area contributed by atoms with Gasteiger partial charge in [-0.25, -0.2) is 9.78 Å². The van der Waals surface area contributed by atoms with Crippen molar-refractivity contribution in [3.05, 3.63) is 96.4 Å². The molecule has 1 N–H and O–H groups in total. The van der Waals surface area contributed by atoms with Crippen molar-refractivity contribution >= 4 is 11.5 Å². The zero-order chi connectivity index (χ0) is 21.2. The van der Waals surface area contributed by atoms with Crippen LogP contribution in [0.3, 0.4) is 0 Å². The Balaban J connectivity index is 1.46. The Morgan fingerprint density at radius 3 is 2.48 bits per heavy atom. The third-order valence-electron chi connectivity index (χ3n) is 6.07. The molecule has 2 atom stereocenters. The number of hydrogen-bond donors (Lipinski definition) is 1. The Kier molecular flexibility index (Phi) is 5.16. The second kappa shape index (κ2) is 8.26. The molecule has 2 unspecified atom stereocenters. The van der Waals surface area contributed by atoms with Crippen molar-refractivity contribution in [2.75, 3.05) is 6.54 Å². The van der Waals surface area contributed by atoms with Gasteiger partial charge in [0.15, 0.2) is 0 Å². The first-order valence-corrected chi connectivity index (χ1v) is 10.9. The fourth-order valence-electron chi connectivity index (χ4n) is 4.48. The molecule has 5 rings (SSSR count). The van der Waals surface area contributed by atoms with E-state index in [0.717, 1.165) is 47.5 Å². The standard InChI is InChI=1S/C26H26N4O/c1-19(20-11-4-2-5-12-20)27-26(31)30-18-10-16-23(30)25-28-24(21-13-6-3-7-14-21)22-15-8-9-17-29(22)25/h2-9,11-15,17,19,23H,10,16,18H2,1H3,(H,27,31). The summed E-state index contributed by atoms with van der Waals surface area (Å²) in [5.74, 6) is 0.925. The normalized spacial score (nSPS) is 17.1. The van der Waals surface area contributed by atoms with E-state index in [2.05, 4.69) is 27.9 Å².